The third-order valence-electron chi connectivity index (χ3n) is 7.66. The average Bonchev–Trinajstić information content (AvgIpc) is 3.20. The summed E-state index contributed by atoms with van der Waals surface area (Å²) in [5.41, 5.74) is 0.994. The molecule has 6 aromatic rings. The van der Waals surface area contributed by atoms with Gasteiger partial charge in [0.15, 0.2) is 0 Å². The molecule has 284 valence electrons. The summed E-state index contributed by atoms with van der Waals surface area (Å²) >= 11 is 0. The first kappa shape index (κ1) is 38.3. The zero-order chi connectivity index (χ0) is 38.7. The van der Waals surface area contributed by atoms with Crippen LogP contribution in [0.4, 0.5) is 0 Å². The van der Waals surface area contributed by atoms with Crippen molar-refractivity contribution in [2.75, 3.05) is 6.61 Å². The maximum absolute atomic E-state index is 12.3. The molecule has 0 N–H and O–H groups in total. The van der Waals surface area contributed by atoms with Crippen LogP contribution in [0.5, 0.6) is 34.5 Å². The Balaban J connectivity index is 1.51. The number of carbonyl (C=O) groups excluding carboxylic acids is 1. The maximum Gasteiger partial charge on any atom is 0.460 e. The zero-order valence-corrected chi connectivity index (χ0v) is 33.0. The molecule has 0 saturated heterocycles. The van der Waals surface area contributed by atoms with Crippen LogP contribution < -0.4 is 27.1 Å². The predicted molar refractivity (Wildman–Crippen MR) is 220 cm³/mol. The summed E-state index contributed by atoms with van der Waals surface area (Å²) in [4.78, 5) is 12.3. The molecule has 0 saturated carbocycles. The molecule has 11 nitrogen and oxygen atoms in total. The van der Waals surface area contributed by atoms with E-state index < -0.39 is 28.9 Å². The van der Waals surface area contributed by atoms with Crippen LogP contribution >= 0.6 is 23.0 Å². The fourth-order valence-corrected chi connectivity index (χ4v) is 14.3. The van der Waals surface area contributed by atoms with Crippen molar-refractivity contribution in [1.29, 1.82) is 0 Å². The lowest BCUT2D eigenvalue weighted by atomic mass is 10.1. The number of rotatable bonds is 16. The molecule has 0 aliphatic carbocycles. The highest BCUT2D eigenvalue weighted by Gasteiger charge is 2.49. The number of benzene rings is 6. The molecule has 0 radical (unpaired) electrons. The molecule has 0 fully saturated rings. The van der Waals surface area contributed by atoms with E-state index in [0.29, 0.717) is 52.1 Å². The maximum atomic E-state index is 12.3. The lowest BCUT2D eigenvalue weighted by Gasteiger charge is -2.33. The second-order valence-electron chi connectivity index (χ2n) is 12.1. The molecule has 0 amide bonds. The summed E-state index contributed by atoms with van der Waals surface area (Å²) < 4.78 is 62.3. The van der Waals surface area contributed by atoms with E-state index in [4.69, 9.17) is 45.4 Å². The molecule has 1 atom stereocenters. The minimum absolute atomic E-state index is 0.0665. The predicted octanol–water partition coefficient (Wildman–Crippen LogP) is 13.0. The Labute approximate surface area is 326 Å². The van der Waals surface area contributed by atoms with E-state index in [1.165, 1.54) is 0 Å². The molecular weight excluding hydrogens is 767 g/mol. The van der Waals surface area contributed by atoms with Crippen molar-refractivity contribution in [3.8, 4) is 34.5 Å². The number of hydrogen-bond donors (Lipinski definition) is 0. The quantitative estimate of drug-likeness (QED) is 0.0539. The van der Waals surface area contributed by atoms with E-state index in [1.807, 2.05) is 109 Å². The molecule has 14 heteroatoms. The summed E-state index contributed by atoms with van der Waals surface area (Å²) in [5.74, 6) is 1.95. The summed E-state index contributed by atoms with van der Waals surface area (Å²) in [5, 5.41) is 0. The van der Waals surface area contributed by atoms with E-state index in [2.05, 4.69) is 6.58 Å². The van der Waals surface area contributed by atoms with Gasteiger partial charge in [0.05, 0.1) is 6.61 Å². The molecule has 0 bridgehead atoms. The van der Waals surface area contributed by atoms with Crippen LogP contribution in [0.25, 0.3) is 0 Å². The minimum Gasteiger partial charge on any atom is -0.462 e. The first-order valence-electron chi connectivity index (χ1n) is 17.6. The van der Waals surface area contributed by atoms with E-state index >= 15 is 0 Å². The van der Waals surface area contributed by atoms with E-state index in [9.17, 15) is 4.79 Å². The van der Waals surface area contributed by atoms with Crippen LogP contribution in [0.2, 0.25) is 0 Å². The number of hydrogen-bond acceptors (Lipinski definition) is 11. The fraction of sp³-hybridized carbons (Fsp3) is 0.0714. The highest BCUT2D eigenvalue weighted by Crippen LogP contribution is 2.78. The van der Waals surface area contributed by atoms with Crippen molar-refractivity contribution < 1.29 is 36.7 Å². The summed E-state index contributed by atoms with van der Waals surface area (Å²) in [6, 6.07) is 52.8. The van der Waals surface area contributed by atoms with Gasteiger partial charge >= 0.3 is 28.9 Å². The summed E-state index contributed by atoms with van der Waals surface area (Å²) in [6.07, 6.45) is 0.299. The third-order valence-corrected chi connectivity index (χ3v) is 15.8. The average molecular weight is 806 g/mol. The second kappa shape index (κ2) is 17.7. The zero-order valence-electron chi connectivity index (χ0n) is 30.3. The van der Waals surface area contributed by atoms with Gasteiger partial charge in [-0.05, 0) is 79.2 Å². The Morgan fingerprint density at radius 1 is 0.464 bits per heavy atom. The van der Waals surface area contributed by atoms with Crippen LogP contribution in [-0.2, 0) is 16.0 Å². The topological polar surface area (TPSA) is 119 Å². The van der Waals surface area contributed by atoms with E-state index in [-0.39, 0.29) is 6.61 Å². The first-order chi connectivity index (χ1) is 27.3. The van der Waals surface area contributed by atoms with Gasteiger partial charge in [-0.2, -0.15) is 0 Å². The van der Waals surface area contributed by atoms with Crippen molar-refractivity contribution in [2.45, 2.75) is 13.3 Å². The van der Waals surface area contributed by atoms with Crippen molar-refractivity contribution in [1.82, 2.24) is 0 Å². The monoisotopic (exact) mass is 805 g/mol. The molecule has 56 heavy (non-hydrogen) atoms. The van der Waals surface area contributed by atoms with Gasteiger partial charge in [-0.3, -0.25) is 0 Å². The summed E-state index contributed by atoms with van der Waals surface area (Å²) in [7, 11) is -12.1. The van der Waals surface area contributed by atoms with Crippen LogP contribution in [0, 0.1) is 0 Å². The molecule has 1 heterocycles. The smallest absolute Gasteiger partial charge is 0.460 e. The number of para-hydroxylation sites is 6. The van der Waals surface area contributed by atoms with Crippen molar-refractivity contribution in [2.24, 2.45) is 13.5 Å². The van der Waals surface area contributed by atoms with Crippen molar-refractivity contribution in [3.63, 3.8) is 0 Å². The fourth-order valence-electron chi connectivity index (χ4n) is 5.15. The molecule has 1 aliphatic rings. The van der Waals surface area contributed by atoms with E-state index in [1.54, 1.807) is 73.7 Å². The molecule has 0 spiro atoms. The Kier molecular flexibility index (Phi) is 12.1. The van der Waals surface area contributed by atoms with Gasteiger partial charge in [0, 0.05) is 12.0 Å². The van der Waals surface area contributed by atoms with Gasteiger partial charge < -0.3 is 31.9 Å². The van der Waals surface area contributed by atoms with Crippen LogP contribution in [0.3, 0.4) is 0 Å². The number of carbonyl (C=O) groups is 1. The van der Waals surface area contributed by atoms with Crippen LogP contribution in [-0.4, -0.2) is 12.6 Å². The van der Waals surface area contributed by atoms with Gasteiger partial charge in [0.1, 0.15) is 34.5 Å². The number of nitrogens with zero attached hydrogens (tertiary/aromatic N) is 3. The van der Waals surface area contributed by atoms with Gasteiger partial charge in [-0.25, -0.2) is 4.79 Å². The van der Waals surface area contributed by atoms with Gasteiger partial charge in [-0.1, -0.05) is 129 Å². The van der Waals surface area contributed by atoms with Crippen molar-refractivity contribution in [3.05, 3.63) is 194 Å². The van der Waals surface area contributed by atoms with E-state index in [0.717, 1.165) is 0 Å². The lowest BCUT2D eigenvalue weighted by molar-refractivity contribution is -0.138. The third kappa shape index (κ3) is 10.0. The highest BCUT2D eigenvalue weighted by atomic mass is 31.3. The number of ether oxygens (including phenoxy) is 1. The highest BCUT2D eigenvalue weighted by molar-refractivity contribution is 7.79. The lowest BCUT2D eigenvalue weighted by Crippen LogP contribution is -2.12. The molecular formula is C42H38N3O8P3. The molecule has 1 aliphatic heterocycles. The molecule has 7 rings (SSSR count). The molecule has 1 unspecified atom stereocenters. The van der Waals surface area contributed by atoms with Crippen LogP contribution in [0.1, 0.15) is 12.5 Å². The van der Waals surface area contributed by atoms with Crippen molar-refractivity contribution >= 4 is 28.9 Å². The van der Waals surface area contributed by atoms with Gasteiger partial charge in [0.2, 0.25) is 0 Å². The number of esters is 1. The Morgan fingerprint density at radius 3 is 1.11 bits per heavy atom. The SMILES string of the molecule is C=C(C)C(=O)OCCc1ccccc1OP1(Oc2ccccc2)=NP(Oc2ccccc2)(Oc2ccccc2)=NP(Oc2ccccc2)(Oc2ccccc2)=N1. The molecule has 6 aromatic carbocycles. The largest absolute Gasteiger partial charge is 0.462 e. The normalized spacial score (nSPS) is 16.3. The Morgan fingerprint density at radius 2 is 0.768 bits per heavy atom. The Bertz CT molecular complexity index is 2260. The second-order valence-corrected chi connectivity index (χ2v) is 18.3. The van der Waals surface area contributed by atoms with Gasteiger partial charge in [-0.15, -0.1) is 0 Å². The molecule has 0 aromatic heterocycles. The first-order valence-corrected chi connectivity index (χ1v) is 22.1. The van der Waals surface area contributed by atoms with Crippen LogP contribution in [0.15, 0.2) is 202 Å². The standard InChI is InChI=1S/C42H38N3O8P3/c1-34(2)42(46)47-33-32-35-20-18-19-31-41(35)53-56(52-40-29-16-7-17-30-40)44-54(48-36-21-8-3-9-22-36,49-37-23-10-4-11-24-37)43-55(45-56,50-38-25-12-5-13-26-38)51-39-27-14-6-15-28-39/h3-31H,1,32-33H2,2H3. The van der Waals surface area contributed by atoms with Gasteiger partial charge in [0.25, 0.3) is 0 Å². The summed E-state index contributed by atoms with van der Waals surface area (Å²) in [6.45, 7) is 5.35. The Hall–Kier alpha value is -5.98. The minimum atomic E-state index is -4.09.